The Morgan fingerprint density at radius 3 is 2.45 bits per heavy atom. The molecule has 0 aliphatic carbocycles. The Kier molecular flexibility index (Phi) is 6.44. The summed E-state index contributed by atoms with van der Waals surface area (Å²) in [6.07, 6.45) is 1.08. The van der Waals surface area contributed by atoms with Gasteiger partial charge in [0.1, 0.15) is 5.75 Å². The molecule has 0 radical (unpaired) electrons. The van der Waals surface area contributed by atoms with Crippen LogP contribution >= 0.6 is 0 Å². The van der Waals surface area contributed by atoms with Crippen LogP contribution in [0.5, 0.6) is 5.75 Å². The molecule has 2 aromatic rings. The van der Waals surface area contributed by atoms with E-state index in [2.05, 4.69) is 48.5 Å². The van der Waals surface area contributed by atoms with E-state index in [0.29, 0.717) is 5.75 Å². The molecule has 1 atom stereocenters. The lowest BCUT2D eigenvalue weighted by molar-refractivity contribution is 0.317. The van der Waals surface area contributed by atoms with E-state index in [1.807, 2.05) is 24.3 Å². The summed E-state index contributed by atoms with van der Waals surface area (Å²) < 4.78 is 0. The summed E-state index contributed by atoms with van der Waals surface area (Å²) in [4.78, 5) is 2.33. The number of phenols is 1. The minimum absolute atomic E-state index is 0.167. The number of hydrogen-bond donors (Lipinski definition) is 2. The van der Waals surface area contributed by atoms with Crippen molar-refractivity contribution in [3.8, 4) is 5.75 Å². The van der Waals surface area contributed by atoms with Crippen molar-refractivity contribution in [2.75, 3.05) is 20.1 Å². The number of aromatic hydroxyl groups is 1. The second-order valence-electron chi connectivity index (χ2n) is 5.81. The second kappa shape index (κ2) is 8.57. The number of phenolic OH excluding ortho intramolecular Hbond substituents is 1. The lowest BCUT2D eigenvalue weighted by Gasteiger charge is -2.19. The quantitative estimate of drug-likeness (QED) is 0.731. The molecule has 0 heterocycles. The Bertz CT molecular complexity index is 556. The van der Waals surface area contributed by atoms with Gasteiger partial charge in [0.15, 0.2) is 0 Å². The number of benzene rings is 2. The minimum Gasteiger partial charge on any atom is -0.508 e. The summed E-state index contributed by atoms with van der Waals surface area (Å²) in [5.41, 5.74) is 2.31. The van der Waals surface area contributed by atoms with Crippen molar-refractivity contribution in [2.45, 2.75) is 25.9 Å². The molecule has 22 heavy (non-hydrogen) atoms. The molecule has 118 valence electrons. The molecular weight excluding hydrogens is 272 g/mol. The fourth-order valence-corrected chi connectivity index (χ4v) is 2.61. The Morgan fingerprint density at radius 1 is 1.05 bits per heavy atom. The normalized spacial score (nSPS) is 12.5. The highest BCUT2D eigenvalue weighted by Crippen LogP contribution is 2.22. The zero-order valence-corrected chi connectivity index (χ0v) is 13.5. The van der Waals surface area contributed by atoms with Crippen LogP contribution in [-0.2, 0) is 6.54 Å². The third-order valence-electron chi connectivity index (χ3n) is 3.87. The number of para-hydroxylation sites is 1. The van der Waals surface area contributed by atoms with E-state index in [1.54, 1.807) is 6.07 Å². The van der Waals surface area contributed by atoms with Crippen LogP contribution in [0.2, 0.25) is 0 Å². The number of hydrogen-bond acceptors (Lipinski definition) is 3. The van der Waals surface area contributed by atoms with Crippen LogP contribution in [0.1, 0.15) is 30.5 Å². The van der Waals surface area contributed by atoms with E-state index in [0.717, 1.165) is 31.6 Å². The topological polar surface area (TPSA) is 35.5 Å². The third-order valence-corrected chi connectivity index (χ3v) is 3.87. The average Bonchev–Trinajstić information content (AvgIpc) is 2.53. The van der Waals surface area contributed by atoms with E-state index in [9.17, 15) is 5.11 Å². The molecule has 0 aliphatic heterocycles. The van der Waals surface area contributed by atoms with Gasteiger partial charge in [0.2, 0.25) is 0 Å². The molecule has 0 amide bonds. The van der Waals surface area contributed by atoms with Gasteiger partial charge in [-0.05, 0) is 45.1 Å². The Morgan fingerprint density at radius 2 is 1.73 bits per heavy atom. The minimum atomic E-state index is 0.167. The molecule has 0 fully saturated rings. The maximum absolute atomic E-state index is 9.84. The van der Waals surface area contributed by atoms with E-state index in [-0.39, 0.29) is 6.04 Å². The zero-order chi connectivity index (χ0) is 15.8. The van der Waals surface area contributed by atoms with Crippen LogP contribution in [0.25, 0.3) is 0 Å². The van der Waals surface area contributed by atoms with Gasteiger partial charge < -0.3 is 15.3 Å². The van der Waals surface area contributed by atoms with Gasteiger partial charge in [-0.1, -0.05) is 48.5 Å². The van der Waals surface area contributed by atoms with Crippen molar-refractivity contribution in [3.05, 3.63) is 65.7 Å². The highest BCUT2D eigenvalue weighted by molar-refractivity contribution is 5.34. The first-order valence-electron chi connectivity index (χ1n) is 7.90. The van der Waals surface area contributed by atoms with Crippen LogP contribution in [0.15, 0.2) is 54.6 Å². The van der Waals surface area contributed by atoms with Gasteiger partial charge in [0.25, 0.3) is 0 Å². The van der Waals surface area contributed by atoms with Gasteiger partial charge in [-0.15, -0.1) is 0 Å². The van der Waals surface area contributed by atoms with E-state index in [1.165, 1.54) is 5.56 Å². The van der Waals surface area contributed by atoms with Gasteiger partial charge in [-0.25, -0.2) is 0 Å². The molecule has 0 aliphatic rings. The maximum atomic E-state index is 9.84. The van der Waals surface area contributed by atoms with Gasteiger partial charge in [0, 0.05) is 18.2 Å². The monoisotopic (exact) mass is 298 g/mol. The summed E-state index contributed by atoms with van der Waals surface area (Å²) in [6, 6.07) is 18.2. The molecular formula is C19H26N2O. The summed E-state index contributed by atoms with van der Waals surface area (Å²) >= 11 is 0. The van der Waals surface area contributed by atoms with Gasteiger partial charge in [-0.2, -0.15) is 0 Å². The molecule has 2 aromatic carbocycles. The van der Waals surface area contributed by atoms with E-state index >= 15 is 0 Å². The summed E-state index contributed by atoms with van der Waals surface area (Å²) in [5.74, 6) is 0.365. The summed E-state index contributed by atoms with van der Waals surface area (Å²) in [6.45, 7) is 5.06. The first-order valence-corrected chi connectivity index (χ1v) is 7.90. The largest absolute Gasteiger partial charge is 0.508 e. The van der Waals surface area contributed by atoms with Crippen molar-refractivity contribution in [2.24, 2.45) is 0 Å². The van der Waals surface area contributed by atoms with Crippen molar-refractivity contribution in [3.63, 3.8) is 0 Å². The lowest BCUT2D eigenvalue weighted by Crippen LogP contribution is -2.25. The number of nitrogens with zero attached hydrogens (tertiary/aromatic N) is 1. The Labute approximate surface area is 133 Å². The summed E-state index contributed by atoms with van der Waals surface area (Å²) in [5, 5.41) is 13.3. The van der Waals surface area contributed by atoms with Crippen LogP contribution in [0.3, 0.4) is 0 Å². The fraction of sp³-hybridized carbons (Fsp3) is 0.368. The standard InChI is InChI=1S/C19H26N2O/c1-16(18-11-6-7-12-19(18)22)20-13-8-14-21(2)15-17-9-4-3-5-10-17/h3-7,9-12,16,20,22H,8,13-15H2,1-2H3. The first kappa shape index (κ1) is 16.5. The lowest BCUT2D eigenvalue weighted by atomic mass is 10.1. The van der Waals surface area contributed by atoms with Crippen molar-refractivity contribution in [1.29, 1.82) is 0 Å². The average molecular weight is 298 g/mol. The molecule has 1 unspecified atom stereocenters. The predicted molar refractivity (Wildman–Crippen MR) is 91.9 cm³/mol. The molecule has 0 saturated heterocycles. The third kappa shape index (κ3) is 5.17. The molecule has 0 saturated carbocycles. The van der Waals surface area contributed by atoms with Gasteiger partial charge >= 0.3 is 0 Å². The molecule has 3 heteroatoms. The smallest absolute Gasteiger partial charge is 0.120 e. The Hall–Kier alpha value is -1.84. The van der Waals surface area contributed by atoms with Crippen molar-refractivity contribution in [1.82, 2.24) is 10.2 Å². The molecule has 2 rings (SSSR count). The predicted octanol–water partition coefficient (Wildman–Crippen LogP) is 3.56. The number of rotatable bonds is 8. The molecule has 0 aromatic heterocycles. The van der Waals surface area contributed by atoms with Crippen LogP contribution in [0, 0.1) is 0 Å². The van der Waals surface area contributed by atoms with Crippen LogP contribution < -0.4 is 5.32 Å². The van der Waals surface area contributed by atoms with Crippen LogP contribution in [-0.4, -0.2) is 30.1 Å². The summed E-state index contributed by atoms with van der Waals surface area (Å²) in [7, 11) is 2.15. The Balaban J connectivity index is 1.67. The van der Waals surface area contributed by atoms with E-state index < -0.39 is 0 Å². The van der Waals surface area contributed by atoms with Gasteiger partial charge in [0.05, 0.1) is 0 Å². The maximum Gasteiger partial charge on any atom is 0.120 e. The van der Waals surface area contributed by atoms with E-state index in [4.69, 9.17) is 0 Å². The molecule has 2 N–H and O–H groups in total. The van der Waals surface area contributed by atoms with Crippen molar-refractivity contribution >= 4 is 0 Å². The molecule has 0 spiro atoms. The molecule has 0 bridgehead atoms. The zero-order valence-electron chi connectivity index (χ0n) is 13.5. The highest BCUT2D eigenvalue weighted by atomic mass is 16.3. The SMILES string of the molecule is CC(NCCCN(C)Cc1ccccc1)c1ccccc1O. The highest BCUT2D eigenvalue weighted by Gasteiger charge is 2.08. The fourth-order valence-electron chi connectivity index (χ4n) is 2.61. The van der Waals surface area contributed by atoms with Crippen molar-refractivity contribution < 1.29 is 5.11 Å². The first-order chi connectivity index (χ1) is 10.7. The van der Waals surface area contributed by atoms with Gasteiger partial charge in [-0.3, -0.25) is 0 Å². The number of nitrogens with one attached hydrogen (secondary N) is 1. The molecule has 3 nitrogen and oxygen atoms in total. The van der Waals surface area contributed by atoms with Crippen LogP contribution in [0.4, 0.5) is 0 Å². The second-order valence-corrected chi connectivity index (χ2v) is 5.81.